The molecule has 142 valence electrons. The first-order valence-electron chi connectivity index (χ1n) is 8.80. The zero-order chi connectivity index (χ0) is 19.4. The first kappa shape index (κ1) is 18.9. The van der Waals surface area contributed by atoms with Crippen molar-refractivity contribution in [1.29, 1.82) is 0 Å². The summed E-state index contributed by atoms with van der Waals surface area (Å²) >= 11 is 0. The maximum absolute atomic E-state index is 12.6. The van der Waals surface area contributed by atoms with Crippen LogP contribution in [0.4, 0.5) is 0 Å². The molecule has 1 aromatic heterocycles. The number of nitrogens with one attached hydrogen (secondary N) is 1. The first-order valence-corrected chi connectivity index (χ1v) is 8.80. The molecule has 27 heavy (non-hydrogen) atoms. The van der Waals surface area contributed by atoms with Crippen LogP contribution in [0.25, 0.3) is 10.4 Å². The number of hydrogen-bond acceptors (Lipinski definition) is 5. The van der Waals surface area contributed by atoms with E-state index in [1.807, 2.05) is 37.3 Å². The second-order valence-electron chi connectivity index (χ2n) is 6.39. The van der Waals surface area contributed by atoms with Crippen LogP contribution in [-0.4, -0.2) is 33.4 Å². The average molecular weight is 371 g/mol. The third kappa shape index (κ3) is 3.80. The number of aliphatic hydroxyl groups is 1. The minimum absolute atomic E-state index is 0.242. The van der Waals surface area contributed by atoms with E-state index in [1.54, 1.807) is 0 Å². The minimum atomic E-state index is -0.731. The lowest BCUT2D eigenvalue weighted by atomic mass is 10.0. The molecular formula is C18H21N5O4. The molecule has 0 saturated carbocycles. The van der Waals surface area contributed by atoms with Crippen molar-refractivity contribution in [2.75, 3.05) is 6.61 Å². The lowest BCUT2D eigenvalue weighted by Gasteiger charge is -2.21. The zero-order valence-electron chi connectivity index (χ0n) is 14.9. The number of aromatic amines is 1. The van der Waals surface area contributed by atoms with E-state index in [1.165, 1.54) is 4.57 Å². The highest BCUT2D eigenvalue weighted by Gasteiger charge is 2.37. The van der Waals surface area contributed by atoms with Crippen LogP contribution in [0.15, 0.2) is 45.0 Å². The molecule has 0 spiro atoms. The van der Waals surface area contributed by atoms with Gasteiger partial charge in [-0.15, -0.1) is 0 Å². The van der Waals surface area contributed by atoms with Crippen LogP contribution >= 0.6 is 0 Å². The summed E-state index contributed by atoms with van der Waals surface area (Å²) in [6.07, 6.45) is -0.343. The van der Waals surface area contributed by atoms with E-state index in [9.17, 15) is 14.7 Å². The lowest BCUT2D eigenvalue weighted by Crippen LogP contribution is -2.38. The second-order valence-corrected chi connectivity index (χ2v) is 6.39. The standard InChI is InChI=1S/C18H21N5O4/c1-2-12-14(8-11-6-4-3-5-7-11)23(18(26)20-17(12)25)16-9-13(21-22-19)15(10-24)27-16/h3-7,13,15-16,24H,2,8-10H2,1H3,(H,20,25,26)/t13-,15+,16-/m0/s1. The van der Waals surface area contributed by atoms with Gasteiger partial charge < -0.3 is 9.84 Å². The Labute approximate surface area is 154 Å². The molecule has 2 N–H and O–H groups in total. The highest BCUT2D eigenvalue weighted by molar-refractivity contribution is 5.27. The van der Waals surface area contributed by atoms with Gasteiger partial charge in [-0.25, -0.2) is 4.79 Å². The number of hydrogen-bond donors (Lipinski definition) is 2. The molecule has 0 amide bonds. The van der Waals surface area contributed by atoms with E-state index in [-0.39, 0.29) is 13.0 Å². The van der Waals surface area contributed by atoms with Crippen LogP contribution < -0.4 is 11.2 Å². The molecule has 0 bridgehead atoms. The summed E-state index contributed by atoms with van der Waals surface area (Å²) in [5.41, 5.74) is 9.77. The number of aliphatic hydroxyl groups excluding tert-OH is 1. The van der Waals surface area contributed by atoms with Crippen molar-refractivity contribution in [2.24, 2.45) is 5.11 Å². The minimum Gasteiger partial charge on any atom is -0.394 e. The number of ether oxygens (including phenoxy) is 1. The molecular weight excluding hydrogens is 350 g/mol. The fourth-order valence-corrected chi connectivity index (χ4v) is 3.51. The van der Waals surface area contributed by atoms with Gasteiger partial charge in [0.15, 0.2) is 0 Å². The number of benzene rings is 1. The summed E-state index contributed by atoms with van der Waals surface area (Å²) in [4.78, 5) is 30.1. The number of nitrogens with zero attached hydrogens (tertiary/aromatic N) is 4. The molecule has 0 radical (unpaired) electrons. The summed E-state index contributed by atoms with van der Waals surface area (Å²) in [5, 5.41) is 13.2. The summed E-state index contributed by atoms with van der Waals surface area (Å²) < 4.78 is 7.21. The molecule has 0 unspecified atom stereocenters. The second kappa shape index (κ2) is 8.22. The van der Waals surface area contributed by atoms with Crippen LogP contribution in [0.3, 0.4) is 0 Å². The molecule has 0 aliphatic carbocycles. The van der Waals surface area contributed by atoms with Gasteiger partial charge in [-0.1, -0.05) is 42.4 Å². The van der Waals surface area contributed by atoms with Gasteiger partial charge in [0.2, 0.25) is 0 Å². The Bertz CT molecular complexity index is 962. The van der Waals surface area contributed by atoms with E-state index in [4.69, 9.17) is 10.3 Å². The largest absolute Gasteiger partial charge is 0.394 e. The fraction of sp³-hybridized carbons (Fsp3) is 0.444. The van der Waals surface area contributed by atoms with E-state index < -0.39 is 29.6 Å². The maximum Gasteiger partial charge on any atom is 0.330 e. The van der Waals surface area contributed by atoms with Crippen LogP contribution in [0.2, 0.25) is 0 Å². The average Bonchev–Trinajstić information content (AvgIpc) is 3.05. The van der Waals surface area contributed by atoms with Crippen LogP contribution in [-0.2, 0) is 17.6 Å². The number of aromatic nitrogens is 2. The highest BCUT2D eigenvalue weighted by Crippen LogP contribution is 2.31. The van der Waals surface area contributed by atoms with Crippen LogP contribution in [0, 0.1) is 0 Å². The Kier molecular flexibility index (Phi) is 5.75. The Balaban J connectivity index is 2.10. The molecule has 2 heterocycles. The van der Waals surface area contributed by atoms with Crippen molar-refractivity contribution < 1.29 is 9.84 Å². The Morgan fingerprint density at radius 2 is 2.11 bits per heavy atom. The molecule has 1 saturated heterocycles. The summed E-state index contributed by atoms with van der Waals surface area (Å²) in [7, 11) is 0. The van der Waals surface area contributed by atoms with Crippen molar-refractivity contribution in [1.82, 2.24) is 9.55 Å². The topological polar surface area (TPSA) is 133 Å². The quantitative estimate of drug-likeness (QED) is 0.454. The van der Waals surface area contributed by atoms with Gasteiger partial charge in [-0.3, -0.25) is 14.3 Å². The molecule has 2 aromatic rings. The predicted octanol–water partition coefficient (Wildman–Crippen LogP) is 1.65. The SMILES string of the molecule is CCc1c(Cc2ccccc2)n([C@@H]2C[C@H](N=[N+]=[N-])[C@@H](CO)O2)c(=O)[nH]c1=O. The van der Waals surface area contributed by atoms with E-state index >= 15 is 0 Å². The van der Waals surface area contributed by atoms with Gasteiger partial charge in [-0.05, 0) is 17.5 Å². The van der Waals surface area contributed by atoms with Gasteiger partial charge >= 0.3 is 5.69 Å². The highest BCUT2D eigenvalue weighted by atomic mass is 16.5. The van der Waals surface area contributed by atoms with Crippen LogP contribution in [0.5, 0.6) is 0 Å². The van der Waals surface area contributed by atoms with Gasteiger partial charge in [0.05, 0.1) is 18.8 Å². The molecule has 1 aromatic carbocycles. The third-order valence-electron chi connectivity index (χ3n) is 4.79. The smallest absolute Gasteiger partial charge is 0.330 e. The van der Waals surface area contributed by atoms with E-state index in [2.05, 4.69) is 15.0 Å². The fourth-order valence-electron chi connectivity index (χ4n) is 3.51. The number of azide groups is 1. The Morgan fingerprint density at radius 3 is 2.74 bits per heavy atom. The van der Waals surface area contributed by atoms with Gasteiger partial charge in [0.25, 0.3) is 5.56 Å². The lowest BCUT2D eigenvalue weighted by molar-refractivity contribution is -0.0283. The third-order valence-corrected chi connectivity index (χ3v) is 4.79. The van der Waals surface area contributed by atoms with Gasteiger partial charge in [-0.2, -0.15) is 0 Å². The van der Waals surface area contributed by atoms with E-state index in [0.29, 0.717) is 24.1 Å². The summed E-state index contributed by atoms with van der Waals surface area (Å²) in [6, 6.07) is 8.93. The molecule has 3 rings (SSSR count). The predicted molar refractivity (Wildman–Crippen MR) is 98.5 cm³/mol. The normalized spacial score (nSPS) is 21.8. The van der Waals surface area contributed by atoms with Crippen molar-refractivity contribution >= 4 is 0 Å². The molecule has 3 atom stereocenters. The summed E-state index contributed by atoms with van der Waals surface area (Å²) in [6.45, 7) is 1.52. The Morgan fingerprint density at radius 1 is 1.37 bits per heavy atom. The maximum atomic E-state index is 12.6. The van der Waals surface area contributed by atoms with E-state index in [0.717, 1.165) is 5.56 Å². The monoisotopic (exact) mass is 371 g/mol. The molecule has 1 aliphatic rings. The first-order chi connectivity index (χ1) is 13.1. The van der Waals surface area contributed by atoms with Gasteiger partial charge in [0, 0.05) is 29.0 Å². The van der Waals surface area contributed by atoms with Crippen molar-refractivity contribution in [3.63, 3.8) is 0 Å². The van der Waals surface area contributed by atoms with Crippen molar-refractivity contribution in [2.45, 2.75) is 44.6 Å². The molecule has 9 nitrogen and oxygen atoms in total. The van der Waals surface area contributed by atoms with Gasteiger partial charge in [0.1, 0.15) is 6.23 Å². The van der Waals surface area contributed by atoms with Crippen molar-refractivity contribution in [3.8, 4) is 0 Å². The molecule has 1 fully saturated rings. The summed E-state index contributed by atoms with van der Waals surface area (Å²) in [5.74, 6) is 0. The number of H-pyrrole nitrogens is 1. The number of rotatable bonds is 6. The van der Waals surface area contributed by atoms with Crippen molar-refractivity contribution in [3.05, 3.63) is 78.4 Å². The molecule has 9 heteroatoms. The Hall–Kier alpha value is -2.87. The molecule has 1 aliphatic heterocycles. The van der Waals surface area contributed by atoms with Crippen LogP contribution in [0.1, 0.15) is 36.4 Å². The zero-order valence-corrected chi connectivity index (χ0v) is 14.9.